The second kappa shape index (κ2) is 19.7. The molecule has 2 heteroatoms. The number of benzene rings is 6. The lowest BCUT2D eigenvalue weighted by Crippen LogP contribution is -1.89. The molecule has 0 nitrogen and oxygen atoms in total. The Hall–Kier alpha value is -4.82. The summed E-state index contributed by atoms with van der Waals surface area (Å²) in [6.07, 6.45) is 11.7. The van der Waals surface area contributed by atoms with E-state index < -0.39 is 0 Å². The topological polar surface area (TPSA) is 0 Å². The summed E-state index contributed by atoms with van der Waals surface area (Å²) < 4.78 is 29.4. The van der Waals surface area contributed by atoms with Gasteiger partial charge in [-0.2, -0.15) is 0 Å². The van der Waals surface area contributed by atoms with E-state index in [-0.39, 0.29) is 11.6 Å². The Balaban J connectivity index is 0.000000201. The van der Waals surface area contributed by atoms with Crippen LogP contribution in [0.4, 0.5) is 8.78 Å². The van der Waals surface area contributed by atoms with Gasteiger partial charge in [0.2, 0.25) is 0 Å². The fourth-order valence-corrected chi connectivity index (χ4v) is 6.58. The van der Waals surface area contributed by atoms with Gasteiger partial charge >= 0.3 is 0 Å². The van der Waals surface area contributed by atoms with Gasteiger partial charge < -0.3 is 0 Å². The van der Waals surface area contributed by atoms with Crippen molar-refractivity contribution in [2.45, 2.75) is 91.9 Å². The zero-order valence-corrected chi connectivity index (χ0v) is 31.5. The third-order valence-corrected chi connectivity index (χ3v) is 10.00. The normalized spacial score (nSPS) is 10.9. The van der Waals surface area contributed by atoms with E-state index in [0.29, 0.717) is 11.1 Å². The molecule has 0 aliphatic heterocycles. The monoisotopic (exact) mass is 692 g/mol. The maximum atomic E-state index is 14.7. The summed E-state index contributed by atoms with van der Waals surface area (Å²) >= 11 is 0. The van der Waals surface area contributed by atoms with Crippen molar-refractivity contribution in [2.75, 3.05) is 0 Å². The van der Waals surface area contributed by atoms with Crippen LogP contribution < -0.4 is 0 Å². The first-order valence-corrected chi connectivity index (χ1v) is 19.4. The Bertz CT molecular complexity index is 1950. The van der Waals surface area contributed by atoms with E-state index in [1.54, 1.807) is 12.1 Å². The van der Waals surface area contributed by atoms with Gasteiger partial charge in [0.1, 0.15) is 11.6 Å². The molecule has 6 rings (SSSR count). The van der Waals surface area contributed by atoms with Crippen molar-refractivity contribution in [2.24, 2.45) is 0 Å². The van der Waals surface area contributed by atoms with Gasteiger partial charge in [0, 0.05) is 11.1 Å². The first-order chi connectivity index (χ1) is 25.4. The fraction of sp³-hybridized carbons (Fsp3) is 0.280. The van der Waals surface area contributed by atoms with E-state index in [2.05, 4.69) is 100 Å². The molecule has 0 saturated carbocycles. The van der Waals surface area contributed by atoms with Gasteiger partial charge in [-0.1, -0.05) is 175 Å². The quantitative estimate of drug-likeness (QED) is 0.0997. The summed E-state index contributed by atoms with van der Waals surface area (Å²) in [4.78, 5) is 0. The Morgan fingerprint density at radius 2 is 0.635 bits per heavy atom. The number of halogens is 2. The number of hydrogen-bond acceptors (Lipinski definition) is 0. The molecular weight excluding hydrogens is 639 g/mol. The number of rotatable bonds is 14. The van der Waals surface area contributed by atoms with Crippen molar-refractivity contribution in [3.8, 4) is 44.5 Å². The molecule has 0 atom stereocenters. The van der Waals surface area contributed by atoms with E-state index in [9.17, 15) is 8.78 Å². The first-order valence-electron chi connectivity index (χ1n) is 19.4. The van der Waals surface area contributed by atoms with E-state index >= 15 is 0 Å². The summed E-state index contributed by atoms with van der Waals surface area (Å²) in [7, 11) is 0. The highest BCUT2D eigenvalue weighted by molar-refractivity contribution is 5.72. The van der Waals surface area contributed by atoms with E-state index in [4.69, 9.17) is 0 Å². The summed E-state index contributed by atoms with van der Waals surface area (Å²) in [5.74, 6) is -0.334. The van der Waals surface area contributed by atoms with Crippen molar-refractivity contribution in [3.05, 3.63) is 167 Å². The third-order valence-electron chi connectivity index (χ3n) is 10.00. The van der Waals surface area contributed by atoms with Gasteiger partial charge in [-0.05, 0) is 106 Å². The van der Waals surface area contributed by atoms with Crippen LogP contribution >= 0.6 is 0 Å². The molecule has 0 radical (unpaired) electrons. The molecule has 0 unspecified atom stereocenters. The highest BCUT2D eigenvalue weighted by atomic mass is 19.1. The van der Waals surface area contributed by atoms with Gasteiger partial charge in [0.05, 0.1) is 0 Å². The molecular formula is C50H54F2. The zero-order valence-electron chi connectivity index (χ0n) is 31.5. The summed E-state index contributed by atoms with van der Waals surface area (Å²) in [6.45, 7) is 8.70. The second-order valence-electron chi connectivity index (χ2n) is 13.8. The van der Waals surface area contributed by atoms with Crippen LogP contribution in [0.1, 0.15) is 88.5 Å². The molecule has 0 amide bonds. The van der Waals surface area contributed by atoms with Crippen LogP contribution in [0.15, 0.2) is 133 Å². The van der Waals surface area contributed by atoms with Crippen molar-refractivity contribution >= 4 is 0 Å². The van der Waals surface area contributed by atoms with E-state index in [1.165, 1.54) is 60.8 Å². The largest absolute Gasteiger partial charge is 0.206 e. The van der Waals surface area contributed by atoms with Gasteiger partial charge in [0.15, 0.2) is 0 Å². The van der Waals surface area contributed by atoms with Crippen LogP contribution in [-0.2, 0) is 25.7 Å². The van der Waals surface area contributed by atoms with Crippen molar-refractivity contribution in [1.82, 2.24) is 0 Å². The first kappa shape index (κ1) is 38.4. The average molecular weight is 693 g/mol. The van der Waals surface area contributed by atoms with Crippen molar-refractivity contribution in [1.29, 1.82) is 0 Å². The molecule has 0 spiro atoms. The second-order valence-corrected chi connectivity index (χ2v) is 13.8. The Morgan fingerprint density at radius 3 is 0.942 bits per heavy atom. The molecule has 0 aromatic heterocycles. The van der Waals surface area contributed by atoms with Crippen molar-refractivity contribution < 1.29 is 8.78 Å². The molecule has 6 aromatic rings. The lowest BCUT2D eigenvalue weighted by Gasteiger charge is -2.09. The van der Waals surface area contributed by atoms with Crippen LogP contribution in [0, 0.1) is 11.6 Å². The molecule has 0 aliphatic carbocycles. The van der Waals surface area contributed by atoms with Gasteiger partial charge in [-0.25, -0.2) is 8.78 Å². The van der Waals surface area contributed by atoms with Gasteiger partial charge in [0.25, 0.3) is 0 Å². The summed E-state index contributed by atoms with van der Waals surface area (Å²) in [5, 5.41) is 0. The predicted molar refractivity (Wildman–Crippen MR) is 220 cm³/mol. The van der Waals surface area contributed by atoms with Crippen LogP contribution in [0.5, 0.6) is 0 Å². The van der Waals surface area contributed by atoms with Gasteiger partial charge in [-0.3, -0.25) is 0 Å². The van der Waals surface area contributed by atoms with E-state index in [1.807, 2.05) is 48.5 Å². The standard InChI is InChI=1S/2C25H27F/c1-3-5-6-7-20-10-12-21(13-11-20)23-16-17-24(25(26)18-23)22-14-8-19(4-2)9-15-22;1-3-5-6-7-20-10-14-22(15-11-20)24-17-16-23(18-25(24)26)21-12-8-19(4-2)9-13-21/h2*8-18H,3-7H2,1-2H3. The van der Waals surface area contributed by atoms with E-state index in [0.717, 1.165) is 59.1 Å². The lowest BCUT2D eigenvalue weighted by atomic mass is 9.97. The number of unbranched alkanes of at least 4 members (excludes halogenated alkanes) is 4. The molecule has 0 bridgehead atoms. The highest BCUT2D eigenvalue weighted by Crippen LogP contribution is 2.30. The van der Waals surface area contributed by atoms with Crippen LogP contribution in [0.25, 0.3) is 44.5 Å². The predicted octanol–water partition coefficient (Wildman–Crippen LogP) is 14.9. The molecule has 0 heterocycles. The smallest absolute Gasteiger partial charge is 0.131 e. The summed E-state index contributed by atoms with van der Waals surface area (Å²) in [5.41, 5.74) is 12.4. The Morgan fingerprint density at radius 1 is 0.327 bits per heavy atom. The Kier molecular flexibility index (Phi) is 14.5. The van der Waals surface area contributed by atoms with Crippen molar-refractivity contribution in [3.63, 3.8) is 0 Å². The third kappa shape index (κ3) is 10.6. The molecule has 0 fully saturated rings. The summed E-state index contributed by atoms with van der Waals surface area (Å²) in [6, 6.07) is 44.5. The minimum Gasteiger partial charge on any atom is -0.206 e. The molecule has 52 heavy (non-hydrogen) atoms. The van der Waals surface area contributed by atoms with Gasteiger partial charge in [-0.15, -0.1) is 0 Å². The molecule has 268 valence electrons. The van der Waals surface area contributed by atoms with Crippen LogP contribution in [-0.4, -0.2) is 0 Å². The molecule has 6 aromatic carbocycles. The molecule has 0 saturated heterocycles. The van der Waals surface area contributed by atoms with Crippen LogP contribution in [0.2, 0.25) is 0 Å². The van der Waals surface area contributed by atoms with Crippen LogP contribution in [0.3, 0.4) is 0 Å². The molecule has 0 aliphatic rings. The lowest BCUT2D eigenvalue weighted by molar-refractivity contribution is 0.631. The maximum absolute atomic E-state index is 14.7. The highest BCUT2D eigenvalue weighted by Gasteiger charge is 2.10. The Labute approximate surface area is 311 Å². The average Bonchev–Trinajstić information content (AvgIpc) is 3.19. The maximum Gasteiger partial charge on any atom is 0.131 e. The number of aryl methyl sites for hydroxylation is 4. The SMILES string of the molecule is CCCCCc1ccc(-c2ccc(-c3ccc(CC)cc3)c(F)c2)cc1.CCCCCc1ccc(-c2ccc(-c3ccc(CC)cc3)cc2F)cc1. The molecule has 0 N–H and O–H groups in total. The minimum atomic E-state index is -0.168. The zero-order chi connectivity index (χ0) is 36.7. The minimum absolute atomic E-state index is 0.166. The number of hydrogen-bond donors (Lipinski definition) is 0. The fourth-order valence-electron chi connectivity index (χ4n) is 6.58.